The van der Waals surface area contributed by atoms with E-state index in [-0.39, 0.29) is 12.8 Å². The largest absolute Gasteiger partial charge is 0.321 e. The number of pyridine rings is 1. The normalized spacial score (nSPS) is 22.9. The molecule has 0 bridgehead atoms. The van der Waals surface area contributed by atoms with E-state index in [1.807, 2.05) is 6.92 Å². The lowest BCUT2D eigenvalue weighted by atomic mass is 9.70. The first-order valence-electron chi connectivity index (χ1n) is 4.51. The van der Waals surface area contributed by atoms with E-state index in [9.17, 15) is 8.78 Å². The number of nitrogens with two attached hydrogens (primary N) is 1. The molecule has 1 aromatic heterocycles. The Kier molecular flexibility index (Phi) is 1.86. The van der Waals surface area contributed by atoms with E-state index >= 15 is 0 Å². The van der Waals surface area contributed by atoms with Crippen LogP contribution in [0.25, 0.3) is 0 Å². The van der Waals surface area contributed by atoms with Crippen molar-refractivity contribution >= 4 is 0 Å². The second kappa shape index (κ2) is 2.73. The van der Waals surface area contributed by atoms with Crippen molar-refractivity contribution in [3.8, 4) is 0 Å². The maximum atomic E-state index is 12.7. The van der Waals surface area contributed by atoms with Crippen LogP contribution in [0.2, 0.25) is 0 Å². The molecule has 2 rings (SSSR count). The summed E-state index contributed by atoms with van der Waals surface area (Å²) in [4.78, 5) is 4.01. The van der Waals surface area contributed by atoms with E-state index in [2.05, 4.69) is 4.98 Å². The molecule has 2 N–H and O–H groups in total. The van der Waals surface area contributed by atoms with Crippen molar-refractivity contribution in [2.24, 2.45) is 5.73 Å². The van der Waals surface area contributed by atoms with E-state index in [1.165, 1.54) is 0 Å². The van der Waals surface area contributed by atoms with Crippen LogP contribution in [0.3, 0.4) is 0 Å². The van der Waals surface area contributed by atoms with Crippen LogP contribution in [-0.2, 0) is 5.54 Å². The average molecular weight is 198 g/mol. The summed E-state index contributed by atoms with van der Waals surface area (Å²) in [6.07, 6.45) is 1.09. The number of halogens is 2. The maximum Gasteiger partial charge on any atom is 0.252 e. The summed E-state index contributed by atoms with van der Waals surface area (Å²) in [6, 6.07) is 3.48. The molecule has 0 saturated heterocycles. The van der Waals surface area contributed by atoms with Crippen LogP contribution in [0.1, 0.15) is 24.1 Å². The van der Waals surface area contributed by atoms with Crippen molar-refractivity contribution in [2.45, 2.75) is 31.2 Å². The van der Waals surface area contributed by atoms with Crippen molar-refractivity contribution < 1.29 is 8.78 Å². The van der Waals surface area contributed by atoms with Crippen molar-refractivity contribution in [1.29, 1.82) is 0 Å². The Labute approximate surface area is 81.1 Å². The number of hydrogen-bond donors (Lipinski definition) is 1. The molecule has 4 heteroatoms. The number of aromatic nitrogens is 1. The van der Waals surface area contributed by atoms with Crippen LogP contribution in [0.5, 0.6) is 0 Å². The van der Waals surface area contributed by atoms with Gasteiger partial charge in [-0.05, 0) is 24.6 Å². The second-order valence-electron chi connectivity index (χ2n) is 4.05. The monoisotopic (exact) mass is 198 g/mol. The van der Waals surface area contributed by atoms with Gasteiger partial charge in [0.05, 0.1) is 5.54 Å². The summed E-state index contributed by atoms with van der Waals surface area (Å²) in [5, 5.41) is 0. The van der Waals surface area contributed by atoms with Crippen molar-refractivity contribution in [3.63, 3.8) is 0 Å². The SMILES string of the molecule is Cc1cc(C2(N)CC(F)(F)C2)ccn1. The van der Waals surface area contributed by atoms with Gasteiger partial charge in [0, 0.05) is 24.7 Å². The highest BCUT2D eigenvalue weighted by Gasteiger charge is 2.55. The van der Waals surface area contributed by atoms with E-state index in [4.69, 9.17) is 5.73 Å². The van der Waals surface area contributed by atoms with Crippen molar-refractivity contribution in [1.82, 2.24) is 4.98 Å². The molecule has 0 radical (unpaired) electrons. The molecule has 0 aliphatic heterocycles. The minimum absolute atomic E-state index is 0.260. The van der Waals surface area contributed by atoms with E-state index in [0.717, 1.165) is 11.3 Å². The number of nitrogens with zero attached hydrogens (tertiary/aromatic N) is 1. The highest BCUT2D eigenvalue weighted by atomic mass is 19.3. The summed E-state index contributed by atoms with van der Waals surface area (Å²) < 4.78 is 25.4. The van der Waals surface area contributed by atoms with Gasteiger partial charge in [-0.1, -0.05) is 0 Å². The first-order valence-corrected chi connectivity index (χ1v) is 4.51. The summed E-state index contributed by atoms with van der Waals surface area (Å²) in [5.74, 6) is -2.59. The van der Waals surface area contributed by atoms with Gasteiger partial charge in [0.2, 0.25) is 0 Å². The molecule has 14 heavy (non-hydrogen) atoms. The molecule has 0 amide bonds. The lowest BCUT2D eigenvalue weighted by Crippen LogP contribution is -2.55. The van der Waals surface area contributed by atoms with Gasteiger partial charge in [-0.2, -0.15) is 0 Å². The first-order chi connectivity index (χ1) is 6.41. The third kappa shape index (κ3) is 1.50. The third-order valence-electron chi connectivity index (χ3n) is 2.62. The molecule has 76 valence electrons. The van der Waals surface area contributed by atoms with Gasteiger partial charge >= 0.3 is 0 Å². The van der Waals surface area contributed by atoms with Gasteiger partial charge < -0.3 is 5.73 Å². The molecule has 1 fully saturated rings. The molecule has 2 nitrogen and oxygen atoms in total. The molecule has 0 atom stereocenters. The molecule has 1 aliphatic carbocycles. The van der Waals surface area contributed by atoms with Gasteiger partial charge in [0.25, 0.3) is 5.92 Å². The van der Waals surface area contributed by atoms with Gasteiger partial charge in [-0.15, -0.1) is 0 Å². The van der Waals surface area contributed by atoms with Crippen LogP contribution in [0.4, 0.5) is 8.78 Å². The molecular formula is C10H12F2N2. The minimum Gasteiger partial charge on any atom is -0.321 e. The molecule has 1 aliphatic rings. The van der Waals surface area contributed by atoms with Crippen LogP contribution < -0.4 is 5.73 Å². The lowest BCUT2D eigenvalue weighted by Gasteiger charge is -2.44. The molecule has 1 aromatic rings. The van der Waals surface area contributed by atoms with E-state index < -0.39 is 11.5 Å². The quantitative estimate of drug-likeness (QED) is 0.749. The Morgan fingerprint density at radius 1 is 1.43 bits per heavy atom. The number of aryl methyl sites for hydroxylation is 1. The Hall–Kier alpha value is -1.03. The number of alkyl halides is 2. The summed E-state index contributed by atoms with van der Waals surface area (Å²) >= 11 is 0. The fourth-order valence-electron chi connectivity index (χ4n) is 1.93. The zero-order valence-corrected chi connectivity index (χ0v) is 7.93. The Bertz CT molecular complexity index is 355. The Balaban J connectivity index is 2.25. The topological polar surface area (TPSA) is 38.9 Å². The van der Waals surface area contributed by atoms with Crippen LogP contribution in [0, 0.1) is 6.92 Å². The predicted molar refractivity (Wildman–Crippen MR) is 49.0 cm³/mol. The maximum absolute atomic E-state index is 12.7. The van der Waals surface area contributed by atoms with Crippen LogP contribution in [-0.4, -0.2) is 10.9 Å². The fraction of sp³-hybridized carbons (Fsp3) is 0.500. The van der Waals surface area contributed by atoms with Crippen molar-refractivity contribution in [3.05, 3.63) is 29.6 Å². The van der Waals surface area contributed by atoms with Crippen LogP contribution >= 0.6 is 0 Å². The Morgan fingerprint density at radius 2 is 2.07 bits per heavy atom. The Morgan fingerprint density at radius 3 is 2.57 bits per heavy atom. The van der Waals surface area contributed by atoms with Gasteiger partial charge in [-0.3, -0.25) is 4.98 Å². The molecule has 1 heterocycles. The predicted octanol–water partition coefficient (Wildman–Crippen LogP) is 1.97. The molecule has 1 saturated carbocycles. The zero-order valence-electron chi connectivity index (χ0n) is 7.93. The molecule has 0 aromatic carbocycles. The molecular weight excluding hydrogens is 186 g/mol. The fourth-order valence-corrected chi connectivity index (χ4v) is 1.93. The van der Waals surface area contributed by atoms with E-state index in [0.29, 0.717) is 0 Å². The zero-order chi connectivity index (χ0) is 10.4. The average Bonchev–Trinajstić information content (AvgIpc) is 2.00. The second-order valence-corrected chi connectivity index (χ2v) is 4.05. The minimum atomic E-state index is -2.59. The third-order valence-corrected chi connectivity index (χ3v) is 2.62. The first kappa shape index (κ1) is 9.52. The van der Waals surface area contributed by atoms with Gasteiger partial charge in [0.15, 0.2) is 0 Å². The standard InChI is InChI=1S/C10H12F2N2/c1-7-4-8(2-3-14-7)9(13)5-10(11,12)6-9/h2-4H,5-6,13H2,1H3. The number of rotatable bonds is 1. The molecule has 0 spiro atoms. The lowest BCUT2D eigenvalue weighted by molar-refractivity contribution is -0.125. The van der Waals surface area contributed by atoms with E-state index in [1.54, 1.807) is 18.3 Å². The highest BCUT2D eigenvalue weighted by molar-refractivity contribution is 5.28. The van der Waals surface area contributed by atoms with Crippen LogP contribution in [0.15, 0.2) is 18.3 Å². The van der Waals surface area contributed by atoms with Gasteiger partial charge in [-0.25, -0.2) is 8.78 Å². The summed E-state index contributed by atoms with van der Waals surface area (Å²) in [7, 11) is 0. The highest BCUT2D eigenvalue weighted by Crippen LogP contribution is 2.49. The summed E-state index contributed by atoms with van der Waals surface area (Å²) in [5.41, 5.74) is 6.58. The smallest absolute Gasteiger partial charge is 0.252 e. The molecule has 0 unspecified atom stereocenters. The summed E-state index contributed by atoms with van der Waals surface area (Å²) in [6.45, 7) is 1.82. The van der Waals surface area contributed by atoms with Gasteiger partial charge in [0.1, 0.15) is 0 Å². The van der Waals surface area contributed by atoms with Crippen molar-refractivity contribution in [2.75, 3.05) is 0 Å². The number of hydrogen-bond acceptors (Lipinski definition) is 2.